The van der Waals surface area contributed by atoms with Crippen LogP contribution in [0.15, 0.2) is 23.6 Å². The van der Waals surface area contributed by atoms with Gasteiger partial charge in [-0.15, -0.1) is 11.3 Å². The number of hydrogen-bond donors (Lipinski definition) is 2. The molecule has 1 aliphatic rings. The zero-order valence-electron chi connectivity index (χ0n) is 16.6. The standard InChI is InChI=1S/C19H21F3N6OS/c1-10-12(11(2)27(3)25-10)9-23-18(29)14-8-17-24-13(15-5-4-6-30-15)7-16(19(20,21)22)28(17)26-14/h4-6,8,13,16,24H,7,9H2,1-3H3,(H,23,29)/t13-,16+/m0/s1. The summed E-state index contributed by atoms with van der Waals surface area (Å²) in [5.41, 5.74) is 2.52. The van der Waals surface area contributed by atoms with Crippen LogP contribution in [0.25, 0.3) is 0 Å². The highest BCUT2D eigenvalue weighted by Crippen LogP contribution is 2.44. The monoisotopic (exact) mass is 438 g/mol. The molecule has 0 aromatic carbocycles. The number of carbonyl (C=O) groups excluding carboxylic acids is 1. The molecule has 3 aromatic heterocycles. The van der Waals surface area contributed by atoms with Crippen molar-refractivity contribution in [3.63, 3.8) is 0 Å². The van der Waals surface area contributed by atoms with Gasteiger partial charge in [-0.25, -0.2) is 4.68 Å². The highest BCUT2D eigenvalue weighted by Gasteiger charge is 2.47. The number of carbonyl (C=O) groups is 1. The first-order valence-corrected chi connectivity index (χ1v) is 10.3. The number of nitrogens with one attached hydrogen (secondary N) is 2. The lowest BCUT2D eigenvalue weighted by Gasteiger charge is -2.32. The number of fused-ring (bicyclic) bond motifs is 1. The van der Waals surface area contributed by atoms with E-state index in [-0.39, 0.29) is 24.5 Å². The summed E-state index contributed by atoms with van der Waals surface area (Å²) in [4.78, 5) is 13.4. The molecular formula is C19H21F3N6OS. The van der Waals surface area contributed by atoms with Gasteiger partial charge in [-0.3, -0.25) is 9.48 Å². The Morgan fingerprint density at radius 1 is 1.37 bits per heavy atom. The second kappa shape index (κ2) is 7.46. The first kappa shape index (κ1) is 20.5. The quantitative estimate of drug-likeness (QED) is 0.648. The van der Waals surface area contributed by atoms with Crippen molar-refractivity contribution >= 4 is 23.1 Å². The Hall–Kier alpha value is -2.82. The third-order valence-corrected chi connectivity index (χ3v) is 6.38. The molecule has 2 atom stereocenters. The van der Waals surface area contributed by atoms with Crippen molar-refractivity contribution in [2.45, 2.75) is 45.1 Å². The number of anilines is 1. The molecule has 0 radical (unpaired) electrons. The van der Waals surface area contributed by atoms with E-state index in [1.807, 2.05) is 26.3 Å². The van der Waals surface area contributed by atoms with E-state index in [1.165, 1.54) is 17.4 Å². The smallest absolute Gasteiger partial charge is 0.363 e. The van der Waals surface area contributed by atoms with Crippen LogP contribution in [0.5, 0.6) is 0 Å². The number of halogens is 3. The van der Waals surface area contributed by atoms with E-state index < -0.39 is 24.2 Å². The van der Waals surface area contributed by atoms with Crippen LogP contribution in [0.3, 0.4) is 0 Å². The number of aromatic nitrogens is 4. The lowest BCUT2D eigenvalue weighted by molar-refractivity contribution is -0.173. The molecule has 0 bridgehead atoms. The first-order valence-electron chi connectivity index (χ1n) is 9.38. The van der Waals surface area contributed by atoms with Crippen LogP contribution >= 0.6 is 11.3 Å². The molecule has 1 amide bonds. The molecule has 30 heavy (non-hydrogen) atoms. The second-order valence-corrected chi connectivity index (χ2v) is 8.30. The maximum absolute atomic E-state index is 13.7. The van der Waals surface area contributed by atoms with Gasteiger partial charge in [0.2, 0.25) is 0 Å². The number of amides is 1. The summed E-state index contributed by atoms with van der Waals surface area (Å²) in [5.74, 6) is -0.351. The molecule has 3 aromatic rings. The van der Waals surface area contributed by atoms with Crippen LogP contribution in [0, 0.1) is 13.8 Å². The summed E-state index contributed by atoms with van der Waals surface area (Å²) in [7, 11) is 1.81. The maximum Gasteiger partial charge on any atom is 0.410 e. The number of aryl methyl sites for hydroxylation is 2. The largest absolute Gasteiger partial charge is 0.410 e. The third-order valence-electron chi connectivity index (χ3n) is 5.39. The van der Waals surface area contributed by atoms with Gasteiger partial charge in [0.1, 0.15) is 5.82 Å². The fourth-order valence-corrected chi connectivity index (χ4v) is 4.48. The molecule has 0 fully saturated rings. The summed E-state index contributed by atoms with van der Waals surface area (Å²) in [6, 6.07) is 2.69. The minimum Gasteiger partial charge on any atom is -0.363 e. The Kier molecular flexibility index (Phi) is 5.08. The van der Waals surface area contributed by atoms with Crippen molar-refractivity contribution < 1.29 is 18.0 Å². The Morgan fingerprint density at radius 3 is 2.73 bits per heavy atom. The summed E-state index contributed by atoms with van der Waals surface area (Å²) >= 11 is 1.39. The molecule has 4 rings (SSSR count). The normalized spacial score (nSPS) is 18.7. The van der Waals surface area contributed by atoms with E-state index in [0.717, 1.165) is 26.5 Å². The number of nitrogens with zero attached hydrogens (tertiary/aromatic N) is 4. The molecule has 160 valence electrons. The van der Waals surface area contributed by atoms with Crippen molar-refractivity contribution in [3.05, 3.63) is 51.1 Å². The van der Waals surface area contributed by atoms with Gasteiger partial charge < -0.3 is 10.6 Å². The summed E-state index contributed by atoms with van der Waals surface area (Å²) in [6.45, 7) is 3.95. The van der Waals surface area contributed by atoms with Gasteiger partial charge in [0.15, 0.2) is 11.7 Å². The van der Waals surface area contributed by atoms with Crippen LogP contribution in [0.2, 0.25) is 0 Å². The van der Waals surface area contributed by atoms with Crippen molar-refractivity contribution in [1.82, 2.24) is 24.9 Å². The number of hydrogen-bond acceptors (Lipinski definition) is 5. The molecule has 1 aliphatic heterocycles. The van der Waals surface area contributed by atoms with Gasteiger partial charge in [-0.1, -0.05) is 6.07 Å². The lowest BCUT2D eigenvalue weighted by Crippen LogP contribution is -2.35. The fraction of sp³-hybridized carbons (Fsp3) is 0.421. The molecule has 7 nitrogen and oxygen atoms in total. The fourth-order valence-electron chi connectivity index (χ4n) is 3.69. The zero-order valence-corrected chi connectivity index (χ0v) is 17.4. The zero-order chi connectivity index (χ0) is 21.6. The molecule has 2 N–H and O–H groups in total. The van der Waals surface area contributed by atoms with Crippen molar-refractivity contribution in [1.29, 1.82) is 0 Å². The highest BCUT2D eigenvalue weighted by molar-refractivity contribution is 7.10. The summed E-state index contributed by atoms with van der Waals surface area (Å²) in [5, 5.41) is 15.9. The molecule has 4 heterocycles. The predicted octanol–water partition coefficient (Wildman–Crippen LogP) is 3.89. The van der Waals surface area contributed by atoms with E-state index in [9.17, 15) is 18.0 Å². The van der Waals surface area contributed by atoms with Gasteiger partial charge in [-0.05, 0) is 25.3 Å². The minimum absolute atomic E-state index is 0.0576. The summed E-state index contributed by atoms with van der Waals surface area (Å²) < 4.78 is 43.7. The number of rotatable bonds is 4. The van der Waals surface area contributed by atoms with E-state index in [4.69, 9.17) is 0 Å². The van der Waals surface area contributed by atoms with E-state index in [1.54, 1.807) is 16.8 Å². The minimum atomic E-state index is -4.48. The highest BCUT2D eigenvalue weighted by atomic mass is 32.1. The third kappa shape index (κ3) is 3.69. The van der Waals surface area contributed by atoms with Gasteiger partial charge in [-0.2, -0.15) is 23.4 Å². The molecule has 0 aliphatic carbocycles. The Bertz CT molecular complexity index is 1070. The van der Waals surface area contributed by atoms with Crippen molar-refractivity contribution in [2.24, 2.45) is 7.05 Å². The molecule has 0 saturated heterocycles. The molecule has 0 saturated carbocycles. The SMILES string of the molecule is Cc1nn(C)c(C)c1CNC(=O)c1cc2n(n1)[C@@H](C(F)(F)F)C[C@@H](c1cccs1)N2. The lowest BCUT2D eigenvalue weighted by atomic mass is 10.0. The van der Waals surface area contributed by atoms with E-state index in [0.29, 0.717) is 0 Å². The van der Waals surface area contributed by atoms with Crippen molar-refractivity contribution in [2.75, 3.05) is 5.32 Å². The average Bonchev–Trinajstić information content (AvgIpc) is 3.39. The van der Waals surface area contributed by atoms with Gasteiger partial charge in [0, 0.05) is 42.2 Å². The average molecular weight is 438 g/mol. The molecular weight excluding hydrogens is 417 g/mol. The topological polar surface area (TPSA) is 76.8 Å². The predicted molar refractivity (Wildman–Crippen MR) is 106 cm³/mol. The van der Waals surface area contributed by atoms with Crippen LogP contribution in [-0.4, -0.2) is 31.6 Å². The first-order chi connectivity index (χ1) is 14.1. The van der Waals surface area contributed by atoms with Crippen LogP contribution in [0.1, 0.15) is 50.8 Å². The van der Waals surface area contributed by atoms with E-state index >= 15 is 0 Å². The molecule has 0 unspecified atom stereocenters. The van der Waals surface area contributed by atoms with Gasteiger partial charge in [0.05, 0.1) is 11.7 Å². The molecule has 0 spiro atoms. The Morgan fingerprint density at radius 2 is 2.13 bits per heavy atom. The van der Waals surface area contributed by atoms with Crippen LogP contribution in [-0.2, 0) is 13.6 Å². The van der Waals surface area contributed by atoms with Crippen LogP contribution in [0.4, 0.5) is 19.0 Å². The van der Waals surface area contributed by atoms with Gasteiger partial charge >= 0.3 is 6.18 Å². The Balaban J connectivity index is 1.57. The maximum atomic E-state index is 13.7. The second-order valence-electron chi connectivity index (χ2n) is 7.32. The number of thiophene rings is 1. The van der Waals surface area contributed by atoms with Crippen LogP contribution < -0.4 is 10.6 Å². The van der Waals surface area contributed by atoms with E-state index in [2.05, 4.69) is 20.8 Å². The Labute approximate surface area is 174 Å². The summed E-state index contributed by atoms with van der Waals surface area (Å²) in [6.07, 6.45) is -4.66. The van der Waals surface area contributed by atoms with Gasteiger partial charge in [0.25, 0.3) is 5.91 Å². The number of alkyl halides is 3. The van der Waals surface area contributed by atoms with Crippen molar-refractivity contribution in [3.8, 4) is 0 Å². The molecule has 11 heteroatoms.